The van der Waals surface area contributed by atoms with Gasteiger partial charge in [0, 0.05) is 13.1 Å². The highest BCUT2D eigenvalue weighted by atomic mass is 32.2. The van der Waals surface area contributed by atoms with Gasteiger partial charge in [-0.25, -0.2) is 8.42 Å². The highest BCUT2D eigenvalue weighted by molar-refractivity contribution is 7.89. The fraction of sp³-hybridized carbons (Fsp3) is 0.600. The Balaban J connectivity index is 2.43. The second-order valence-electron chi connectivity index (χ2n) is 6.18. The number of morpholine rings is 1. The van der Waals surface area contributed by atoms with Crippen molar-refractivity contribution >= 4 is 10.0 Å². The van der Waals surface area contributed by atoms with Gasteiger partial charge in [-0.1, -0.05) is 12.1 Å². The first-order valence-electron chi connectivity index (χ1n) is 7.05. The molecule has 0 amide bonds. The molecule has 1 aliphatic heterocycles. The first kappa shape index (κ1) is 16.4. The molecule has 1 aliphatic rings. The Bertz CT molecular complexity index is 625. The molecule has 0 radical (unpaired) electrons. The summed E-state index contributed by atoms with van der Waals surface area (Å²) in [6, 6.07) is 5.00. The summed E-state index contributed by atoms with van der Waals surface area (Å²) in [5, 5.41) is 9.32. The lowest BCUT2D eigenvalue weighted by atomic mass is 10.1. The van der Waals surface area contributed by atoms with E-state index in [0.717, 1.165) is 0 Å². The molecule has 118 valence electrons. The number of sulfonamides is 1. The Morgan fingerprint density at radius 3 is 2.67 bits per heavy atom. The van der Waals surface area contributed by atoms with Crippen molar-refractivity contribution in [1.82, 2.24) is 4.31 Å². The van der Waals surface area contributed by atoms with E-state index in [4.69, 9.17) is 4.74 Å². The summed E-state index contributed by atoms with van der Waals surface area (Å²) in [6.45, 7) is 7.88. The Kier molecular flexibility index (Phi) is 4.44. The molecular formula is C15H23NO4S. The third-order valence-corrected chi connectivity index (χ3v) is 5.68. The second-order valence-corrected chi connectivity index (χ2v) is 8.09. The van der Waals surface area contributed by atoms with Gasteiger partial charge in [-0.3, -0.25) is 0 Å². The van der Waals surface area contributed by atoms with Crippen LogP contribution in [0.25, 0.3) is 0 Å². The third kappa shape index (κ3) is 3.29. The lowest BCUT2D eigenvalue weighted by Crippen LogP contribution is -2.53. The molecule has 1 saturated heterocycles. The van der Waals surface area contributed by atoms with Crippen molar-refractivity contribution in [2.24, 2.45) is 0 Å². The number of aliphatic hydroxyl groups excluding tert-OH is 1. The average molecular weight is 313 g/mol. The van der Waals surface area contributed by atoms with E-state index in [0.29, 0.717) is 24.2 Å². The number of aliphatic hydroxyl groups is 1. The number of hydrogen-bond donors (Lipinski definition) is 1. The molecule has 1 aromatic carbocycles. The molecular weight excluding hydrogens is 290 g/mol. The molecule has 0 bridgehead atoms. The number of ether oxygens (including phenoxy) is 1. The van der Waals surface area contributed by atoms with Crippen LogP contribution in [-0.4, -0.2) is 42.6 Å². The Labute approximate surface area is 126 Å². The van der Waals surface area contributed by atoms with Crippen LogP contribution in [0.5, 0.6) is 0 Å². The second kappa shape index (κ2) is 5.68. The van der Waals surface area contributed by atoms with Gasteiger partial charge in [0.25, 0.3) is 0 Å². The van der Waals surface area contributed by atoms with Gasteiger partial charge in [-0.05, 0) is 44.9 Å². The lowest BCUT2D eigenvalue weighted by Gasteiger charge is -2.41. The molecule has 0 aliphatic carbocycles. The Morgan fingerprint density at radius 2 is 2.10 bits per heavy atom. The fourth-order valence-corrected chi connectivity index (χ4v) is 4.76. The van der Waals surface area contributed by atoms with Crippen LogP contribution in [0, 0.1) is 6.92 Å². The van der Waals surface area contributed by atoms with Crippen molar-refractivity contribution in [3.05, 3.63) is 29.3 Å². The maximum atomic E-state index is 12.9. The van der Waals surface area contributed by atoms with Crippen LogP contribution in [0.15, 0.2) is 23.1 Å². The van der Waals surface area contributed by atoms with Crippen molar-refractivity contribution in [2.75, 3.05) is 13.1 Å². The topological polar surface area (TPSA) is 66.8 Å². The highest BCUT2D eigenvalue weighted by Gasteiger charge is 2.38. The van der Waals surface area contributed by atoms with Crippen molar-refractivity contribution in [3.8, 4) is 0 Å². The fourth-order valence-electron chi connectivity index (χ4n) is 2.83. The molecule has 1 unspecified atom stereocenters. The summed E-state index contributed by atoms with van der Waals surface area (Å²) >= 11 is 0. The minimum atomic E-state index is -3.59. The molecule has 5 nitrogen and oxygen atoms in total. The van der Waals surface area contributed by atoms with Crippen LogP contribution in [0.1, 0.15) is 31.9 Å². The molecule has 21 heavy (non-hydrogen) atoms. The molecule has 1 N–H and O–H groups in total. The maximum absolute atomic E-state index is 12.9. The smallest absolute Gasteiger partial charge is 0.243 e. The monoisotopic (exact) mass is 313 g/mol. The van der Waals surface area contributed by atoms with Gasteiger partial charge >= 0.3 is 0 Å². The first-order chi connectivity index (χ1) is 9.67. The standard InChI is InChI=1S/C15H23NO4S/c1-11-8-16(10-15(3,4)20-11)21(18,19)14-7-5-6-13(9-17)12(14)2/h5-7,11,17H,8-10H2,1-4H3. The van der Waals surface area contributed by atoms with E-state index in [-0.39, 0.29) is 17.6 Å². The maximum Gasteiger partial charge on any atom is 0.243 e. The van der Waals surface area contributed by atoms with Crippen molar-refractivity contribution in [3.63, 3.8) is 0 Å². The molecule has 1 aromatic rings. The summed E-state index contributed by atoms with van der Waals surface area (Å²) in [5.41, 5.74) is 0.737. The Morgan fingerprint density at radius 1 is 1.43 bits per heavy atom. The van der Waals surface area contributed by atoms with E-state index in [1.807, 2.05) is 20.8 Å². The van der Waals surface area contributed by atoms with Gasteiger partial charge in [0.15, 0.2) is 0 Å². The van der Waals surface area contributed by atoms with E-state index in [1.165, 1.54) is 4.31 Å². The zero-order valence-electron chi connectivity index (χ0n) is 13.0. The molecule has 6 heteroatoms. The van der Waals surface area contributed by atoms with E-state index in [2.05, 4.69) is 0 Å². The van der Waals surface area contributed by atoms with Gasteiger partial charge in [-0.2, -0.15) is 4.31 Å². The van der Waals surface area contributed by atoms with Gasteiger partial charge in [0.1, 0.15) is 0 Å². The average Bonchev–Trinajstić information content (AvgIpc) is 2.36. The van der Waals surface area contributed by atoms with Crippen LogP contribution < -0.4 is 0 Å². The van der Waals surface area contributed by atoms with Crippen LogP contribution in [-0.2, 0) is 21.4 Å². The summed E-state index contributed by atoms with van der Waals surface area (Å²) < 4.78 is 33.0. The first-order valence-corrected chi connectivity index (χ1v) is 8.49. The number of rotatable bonds is 3. The Hall–Kier alpha value is -0.950. The predicted octanol–water partition coefficient (Wildman–Crippen LogP) is 1.68. The number of nitrogens with zero attached hydrogens (tertiary/aromatic N) is 1. The van der Waals surface area contributed by atoms with Crippen LogP contribution in [0.4, 0.5) is 0 Å². The minimum absolute atomic E-state index is 0.148. The molecule has 0 saturated carbocycles. The zero-order valence-corrected chi connectivity index (χ0v) is 13.8. The van der Waals surface area contributed by atoms with Crippen molar-refractivity contribution in [1.29, 1.82) is 0 Å². The van der Waals surface area contributed by atoms with Gasteiger partial charge in [-0.15, -0.1) is 0 Å². The van der Waals surface area contributed by atoms with E-state index >= 15 is 0 Å². The molecule has 0 spiro atoms. The molecule has 2 rings (SSSR count). The molecule has 0 aromatic heterocycles. The quantitative estimate of drug-likeness (QED) is 0.922. The third-order valence-electron chi connectivity index (χ3n) is 3.72. The highest BCUT2D eigenvalue weighted by Crippen LogP contribution is 2.28. The summed E-state index contributed by atoms with van der Waals surface area (Å²) in [6.07, 6.45) is -0.148. The normalized spacial score (nSPS) is 23.2. The molecule has 1 atom stereocenters. The van der Waals surface area contributed by atoms with E-state index in [1.54, 1.807) is 25.1 Å². The molecule has 1 fully saturated rings. The van der Waals surface area contributed by atoms with Crippen molar-refractivity contribution < 1.29 is 18.3 Å². The summed E-state index contributed by atoms with van der Waals surface area (Å²) in [4.78, 5) is 0.263. The van der Waals surface area contributed by atoms with E-state index < -0.39 is 15.6 Å². The van der Waals surface area contributed by atoms with Gasteiger partial charge in [0.05, 0.1) is 23.2 Å². The largest absolute Gasteiger partial charge is 0.392 e. The number of hydrogen-bond acceptors (Lipinski definition) is 4. The zero-order chi connectivity index (χ0) is 15.8. The van der Waals surface area contributed by atoms with Crippen molar-refractivity contribution in [2.45, 2.75) is 50.9 Å². The van der Waals surface area contributed by atoms with E-state index in [9.17, 15) is 13.5 Å². The van der Waals surface area contributed by atoms with Gasteiger partial charge < -0.3 is 9.84 Å². The lowest BCUT2D eigenvalue weighted by molar-refractivity contribution is -0.109. The van der Waals surface area contributed by atoms with Gasteiger partial charge in [0.2, 0.25) is 10.0 Å². The van der Waals surface area contributed by atoms with Crippen LogP contribution in [0.2, 0.25) is 0 Å². The van der Waals surface area contributed by atoms with Crippen LogP contribution in [0.3, 0.4) is 0 Å². The molecule has 1 heterocycles. The minimum Gasteiger partial charge on any atom is -0.392 e. The SMILES string of the molecule is Cc1c(CO)cccc1S(=O)(=O)N1CC(C)OC(C)(C)C1. The van der Waals surface area contributed by atoms with Crippen LogP contribution >= 0.6 is 0 Å². The predicted molar refractivity (Wildman–Crippen MR) is 80.5 cm³/mol. The number of benzene rings is 1. The summed E-state index contributed by atoms with van der Waals surface area (Å²) in [7, 11) is -3.59. The summed E-state index contributed by atoms with van der Waals surface area (Å²) in [5.74, 6) is 0.